The summed E-state index contributed by atoms with van der Waals surface area (Å²) in [5.74, 6) is -1.46. The number of phosphoric acid groups is 3. The summed E-state index contributed by atoms with van der Waals surface area (Å²) in [5.41, 5.74) is 5.56. The van der Waals surface area contributed by atoms with Gasteiger partial charge in [0.15, 0.2) is 17.7 Å². The zero-order valence-corrected chi connectivity index (χ0v) is 35.2. The zero-order chi connectivity index (χ0) is 44.1. The number of nitrogens with one attached hydrogen (secondary N) is 2. The molecule has 1 aliphatic heterocycles. The standard InChI is InChI=1S/C30H44N7O18P3S/c1-15-5-6-16(2)21(39)19(15)29(43)59-10-9-32-18(38)7-8-33-27(42)24(41)30(3,4)12-52-58(49,50)55-57(47,48)51-11-17-23(54-56(44,45)46)22(40)28(53-17)37-14-36-20-25(31)34-13-35-26(20)37/h5-6,13-14,17,22-24,28,39-41H,7-12H2,1-4H3,(H,32,38)(H,33,42)(H,47,48)(H,49,50)(H2,31,34,35)(H2,44,45,46)/t17-,22-,23-,24+,28-/m1/s1. The van der Waals surface area contributed by atoms with Crippen LogP contribution >= 0.6 is 35.2 Å². The molecule has 1 aliphatic rings. The number of aliphatic hydroxyl groups excluding tert-OH is 2. The van der Waals surface area contributed by atoms with E-state index in [4.69, 9.17) is 19.5 Å². The Morgan fingerprint density at radius 2 is 1.68 bits per heavy atom. The van der Waals surface area contributed by atoms with Crippen molar-refractivity contribution in [2.45, 2.75) is 64.8 Å². The molecule has 0 radical (unpaired) electrons. The monoisotopic (exact) mass is 915 g/mol. The fraction of sp³-hybridized carbons (Fsp3) is 0.533. The van der Waals surface area contributed by atoms with Gasteiger partial charge in [0.1, 0.15) is 42.0 Å². The summed E-state index contributed by atoms with van der Waals surface area (Å²) in [4.78, 5) is 88.4. The van der Waals surface area contributed by atoms with Crippen molar-refractivity contribution in [2.75, 3.05) is 37.8 Å². The van der Waals surface area contributed by atoms with Crippen molar-refractivity contribution in [1.29, 1.82) is 0 Å². The van der Waals surface area contributed by atoms with Crippen LogP contribution in [-0.4, -0.2) is 128 Å². The maximum atomic E-state index is 12.7. The van der Waals surface area contributed by atoms with Crippen LogP contribution < -0.4 is 16.4 Å². The Kier molecular flexibility index (Phi) is 16.0. The van der Waals surface area contributed by atoms with Gasteiger partial charge in [-0.3, -0.25) is 32.5 Å². The maximum absolute atomic E-state index is 12.7. The molecule has 2 unspecified atom stereocenters. The fourth-order valence-electron chi connectivity index (χ4n) is 5.40. The van der Waals surface area contributed by atoms with E-state index in [1.807, 2.05) is 0 Å². The van der Waals surface area contributed by atoms with E-state index < -0.39 is 84.6 Å². The minimum atomic E-state index is -5.59. The number of hydrogen-bond acceptors (Lipinski definition) is 19. The Morgan fingerprint density at radius 1 is 1.02 bits per heavy atom. The number of aliphatic hydroxyl groups is 2. The van der Waals surface area contributed by atoms with Gasteiger partial charge >= 0.3 is 23.5 Å². The normalized spacial score (nSPS) is 21.1. The minimum Gasteiger partial charge on any atom is -0.507 e. The summed E-state index contributed by atoms with van der Waals surface area (Å²) in [6.45, 7) is 3.63. The Balaban J connectivity index is 1.23. The SMILES string of the molecule is Cc1ccc(C)c(C(=O)SCCNC(=O)CCNC(=O)[C@H](O)C(C)(C)COP(=O)(O)OP(=O)(O)OC[C@H]2O[C@@H](n3cnc4c(N)ncnc43)[C@H](O)[C@@H]2OP(=O)(O)O)c1O. The number of phenols is 1. The summed E-state index contributed by atoms with van der Waals surface area (Å²) in [6, 6.07) is 3.40. The van der Waals surface area contributed by atoms with E-state index in [0.717, 1.165) is 29.0 Å². The number of ether oxygens (including phenoxy) is 1. The molecule has 0 saturated carbocycles. The number of carbonyl (C=O) groups is 3. The summed E-state index contributed by atoms with van der Waals surface area (Å²) < 4.78 is 62.2. The molecule has 25 nitrogen and oxygen atoms in total. The molecule has 2 aromatic heterocycles. The molecule has 3 heterocycles. The van der Waals surface area contributed by atoms with Gasteiger partial charge in [-0.2, -0.15) is 4.31 Å². The van der Waals surface area contributed by atoms with E-state index in [0.29, 0.717) is 11.1 Å². The molecule has 2 amide bonds. The Hall–Kier alpha value is -3.42. The number of benzene rings is 1. The highest BCUT2D eigenvalue weighted by atomic mass is 32.2. The fourth-order valence-corrected chi connectivity index (χ4v) is 9.02. The third-order valence-electron chi connectivity index (χ3n) is 8.53. The van der Waals surface area contributed by atoms with Gasteiger partial charge in [0.25, 0.3) is 0 Å². The number of phenolic OH excluding ortho intramolecular Hbond substituents is 1. The highest BCUT2D eigenvalue weighted by molar-refractivity contribution is 8.14. The number of rotatable bonds is 20. The molecule has 29 heteroatoms. The summed E-state index contributed by atoms with van der Waals surface area (Å²) in [5, 5.41) is 36.2. The Bertz CT molecular complexity index is 2170. The summed E-state index contributed by atoms with van der Waals surface area (Å²) >= 11 is 0.900. The highest BCUT2D eigenvalue weighted by Crippen LogP contribution is 2.61. The van der Waals surface area contributed by atoms with Crippen molar-refractivity contribution in [1.82, 2.24) is 30.2 Å². The van der Waals surface area contributed by atoms with E-state index in [1.54, 1.807) is 26.0 Å². The van der Waals surface area contributed by atoms with E-state index in [2.05, 4.69) is 34.4 Å². The van der Waals surface area contributed by atoms with Gasteiger partial charge < -0.3 is 56.0 Å². The van der Waals surface area contributed by atoms with Crippen molar-refractivity contribution in [3.63, 3.8) is 0 Å². The average Bonchev–Trinajstić information content (AvgIpc) is 3.69. The van der Waals surface area contributed by atoms with E-state index in [1.165, 1.54) is 13.8 Å². The number of nitrogens with two attached hydrogens (primary N) is 1. The molecule has 0 aliphatic carbocycles. The molecule has 0 spiro atoms. The van der Waals surface area contributed by atoms with Gasteiger partial charge in [-0.1, -0.05) is 37.7 Å². The van der Waals surface area contributed by atoms with Crippen molar-refractivity contribution in [3.8, 4) is 5.75 Å². The van der Waals surface area contributed by atoms with Crippen molar-refractivity contribution in [2.24, 2.45) is 5.41 Å². The Morgan fingerprint density at radius 3 is 2.36 bits per heavy atom. The predicted octanol–water partition coefficient (Wildman–Crippen LogP) is 0.301. The van der Waals surface area contributed by atoms with Crippen LogP contribution in [0, 0.1) is 19.3 Å². The van der Waals surface area contributed by atoms with Crippen molar-refractivity contribution in [3.05, 3.63) is 41.5 Å². The number of hydrogen-bond donors (Lipinski definition) is 10. The first-order valence-corrected chi connectivity index (χ1v) is 22.7. The molecule has 328 valence electrons. The van der Waals surface area contributed by atoms with E-state index >= 15 is 0 Å². The molecule has 3 aromatic rings. The van der Waals surface area contributed by atoms with E-state index in [9.17, 15) is 63.0 Å². The van der Waals surface area contributed by atoms with Gasteiger partial charge in [0.2, 0.25) is 16.9 Å². The number of thioether (sulfide) groups is 1. The second kappa shape index (κ2) is 19.5. The third kappa shape index (κ3) is 13.0. The average molecular weight is 916 g/mol. The number of imidazole rings is 1. The maximum Gasteiger partial charge on any atom is 0.481 e. The number of aromatic hydroxyl groups is 1. The molecular formula is C30H44N7O18P3S. The first-order valence-electron chi connectivity index (χ1n) is 17.2. The van der Waals surface area contributed by atoms with E-state index in [-0.39, 0.29) is 58.7 Å². The van der Waals surface area contributed by atoms with Gasteiger partial charge in [0.05, 0.1) is 25.1 Å². The first-order chi connectivity index (χ1) is 27.3. The van der Waals surface area contributed by atoms with Crippen LogP contribution in [-0.2, 0) is 45.9 Å². The van der Waals surface area contributed by atoms with Crippen LogP contribution in [0.3, 0.4) is 0 Å². The Labute approximate surface area is 339 Å². The number of nitrogens with zero attached hydrogens (tertiary/aromatic N) is 4. The quantitative estimate of drug-likeness (QED) is 0.0538. The number of aromatic nitrogens is 4. The summed E-state index contributed by atoms with van der Waals surface area (Å²) in [7, 11) is -16.4. The lowest BCUT2D eigenvalue weighted by Gasteiger charge is -2.30. The van der Waals surface area contributed by atoms with Crippen LogP contribution in [0.1, 0.15) is 48.0 Å². The van der Waals surface area contributed by atoms with Crippen molar-refractivity contribution < 1.29 is 85.6 Å². The van der Waals surface area contributed by atoms with Crippen molar-refractivity contribution >= 4 is 69.1 Å². The predicted molar refractivity (Wildman–Crippen MR) is 204 cm³/mol. The molecule has 4 rings (SSSR count). The minimum absolute atomic E-state index is 0.0238. The largest absolute Gasteiger partial charge is 0.507 e. The number of nitrogen functional groups attached to an aromatic ring is 1. The van der Waals surface area contributed by atoms with Gasteiger partial charge in [0, 0.05) is 30.7 Å². The molecular weight excluding hydrogens is 871 g/mol. The van der Waals surface area contributed by atoms with Crippen LogP contribution in [0.5, 0.6) is 5.75 Å². The lowest BCUT2D eigenvalue weighted by atomic mass is 9.87. The second-order valence-corrected chi connectivity index (χ2v) is 18.9. The first kappa shape index (κ1) is 48.2. The van der Waals surface area contributed by atoms with Crippen LogP contribution in [0.25, 0.3) is 11.2 Å². The lowest BCUT2D eigenvalue weighted by molar-refractivity contribution is -0.137. The molecule has 1 saturated heterocycles. The van der Waals surface area contributed by atoms with Crippen LogP contribution in [0.15, 0.2) is 24.8 Å². The molecule has 59 heavy (non-hydrogen) atoms. The lowest BCUT2D eigenvalue weighted by Crippen LogP contribution is -2.46. The van der Waals surface area contributed by atoms with Crippen LogP contribution in [0.2, 0.25) is 0 Å². The summed E-state index contributed by atoms with van der Waals surface area (Å²) in [6.07, 6.45) is -7.04. The molecule has 1 aromatic carbocycles. The number of anilines is 1. The smallest absolute Gasteiger partial charge is 0.481 e. The molecule has 7 atom stereocenters. The van der Waals surface area contributed by atoms with Gasteiger partial charge in [-0.05, 0) is 25.0 Å². The molecule has 0 bridgehead atoms. The number of carbonyl (C=O) groups excluding carboxylic acids is 3. The number of phosphoric ester groups is 3. The van der Waals surface area contributed by atoms with Gasteiger partial charge in [-0.15, -0.1) is 0 Å². The van der Waals surface area contributed by atoms with Crippen LogP contribution in [0.4, 0.5) is 5.82 Å². The number of amides is 2. The zero-order valence-electron chi connectivity index (χ0n) is 31.7. The third-order valence-corrected chi connectivity index (χ3v) is 12.5. The number of aryl methyl sites for hydroxylation is 2. The molecule has 11 N–H and O–H groups in total. The number of fused-ring (bicyclic) bond motifs is 1. The highest BCUT2D eigenvalue weighted by Gasteiger charge is 2.50. The van der Waals surface area contributed by atoms with Gasteiger partial charge in [-0.25, -0.2) is 28.6 Å². The molecule has 1 fully saturated rings. The second-order valence-electron chi connectivity index (χ2n) is 13.6. The topological polar surface area (TPSA) is 384 Å².